The summed E-state index contributed by atoms with van der Waals surface area (Å²) in [6.45, 7) is 0. The van der Waals surface area contributed by atoms with Gasteiger partial charge in [-0.25, -0.2) is 18.6 Å². The summed E-state index contributed by atoms with van der Waals surface area (Å²) in [7, 11) is -9.64. The molecule has 0 saturated heterocycles. The van der Waals surface area contributed by atoms with Crippen LogP contribution in [0.15, 0.2) is 0 Å². The van der Waals surface area contributed by atoms with Crippen molar-refractivity contribution in [2.75, 3.05) is 0 Å². The van der Waals surface area contributed by atoms with Gasteiger partial charge in [-0.1, -0.05) is 0 Å². The Morgan fingerprint density at radius 3 is 0.727 bits per heavy atom. The Labute approximate surface area is 77.0 Å². The predicted octanol–water partition coefficient (Wildman–Crippen LogP) is -11.9. The molecule has 0 amide bonds. The van der Waals surface area contributed by atoms with Crippen LogP contribution in [0.4, 0.5) is 0 Å². The molecule has 0 atom stereocenters. The molecule has 0 heterocycles. The molecule has 0 radical (unpaired) electrons. The van der Waals surface area contributed by atoms with Crippen LogP contribution in [0.1, 0.15) is 0 Å². The summed E-state index contributed by atoms with van der Waals surface area (Å²) < 4.78 is 66.7. The minimum Gasteiger partial charge on any atom is -0.222 e. The first kappa shape index (κ1) is 17.8. The molecule has 0 fully saturated rings. The van der Waals surface area contributed by atoms with Crippen molar-refractivity contribution in [3.8, 4) is 0 Å². The van der Waals surface area contributed by atoms with E-state index in [0.29, 0.717) is 0 Å². The summed E-state index contributed by atoms with van der Waals surface area (Å²) in [5, 5.41) is 0. The average Bonchev–Trinajstić information content (AvgIpc) is 1.12. The minimum absolute atomic E-state index is 0. The second-order valence-corrected chi connectivity index (χ2v) is 2.32. The fourth-order valence-electron chi connectivity index (χ4n) is 0. The molecular formula is HCl2LiO8. The molecule has 0 unspecified atom stereocenters. The molecule has 11 heavy (non-hydrogen) atoms. The molecule has 11 heteroatoms. The summed E-state index contributed by atoms with van der Waals surface area (Å²) in [5.74, 6) is 0. The Morgan fingerprint density at radius 2 is 0.727 bits per heavy atom. The SMILES string of the molecule is [Li+].[O-][Cl+3]([O-])([O-])O.[O-][Cl+3]([O-])([O-])[O-]. The van der Waals surface area contributed by atoms with E-state index in [4.69, 9.17) is 37.3 Å². The van der Waals surface area contributed by atoms with Gasteiger partial charge in [-0.05, 0) is 0 Å². The van der Waals surface area contributed by atoms with E-state index in [2.05, 4.69) is 0 Å². The van der Waals surface area contributed by atoms with Gasteiger partial charge in [0.05, 0.1) is 14.9 Å². The zero-order valence-electron chi connectivity index (χ0n) is 5.06. The van der Waals surface area contributed by atoms with Crippen molar-refractivity contribution in [2.24, 2.45) is 0 Å². The molecule has 0 aliphatic heterocycles. The zero-order valence-corrected chi connectivity index (χ0v) is 6.57. The largest absolute Gasteiger partial charge is 1.00 e. The van der Waals surface area contributed by atoms with Crippen molar-refractivity contribution < 1.29 is 76.6 Å². The van der Waals surface area contributed by atoms with Crippen LogP contribution in [0.2, 0.25) is 0 Å². The van der Waals surface area contributed by atoms with Gasteiger partial charge in [-0.15, -0.1) is 10.2 Å². The molecule has 64 valence electrons. The Balaban J connectivity index is -0.000000107. The third-order valence-electron chi connectivity index (χ3n) is 0. The van der Waals surface area contributed by atoms with Crippen molar-refractivity contribution in [1.82, 2.24) is 0 Å². The molecule has 0 aromatic rings. The van der Waals surface area contributed by atoms with Crippen molar-refractivity contribution in [3.63, 3.8) is 0 Å². The first-order valence-electron chi connectivity index (χ1n) is 1.25. The fraction of sp³-hybridized carbons (Fsp3) is 0. The van der Waals surface area contributed by atoms with E-state index in [-0.39, 0.29) is 18.9 Å². The second kappa shape index (κ2) is 6.38. The third-order valence-corrected chi connectivity index (χ3v) is 0. The zero-order chi connectivity index (χ0) is 9.00. The maximum absolute atomic E-state index is 8.60. The fourth-order valence-corrected chi connectivity index (χ4v) is 0. The van der Waals surface area contributed by atoms with E-state index < -0.39 is 20.5 Å². The van der Waals surface area contributed by atoms with E-state index >= 15 is 0 Å². The van der Waals surface area contributed by atoms with Crippen molar-refractivity contribution in [2.45, 2.75) is 0 Å². The maximum Gasteiger partial charge on any atom is 1.00 e. The first-order valence-corrected chi connectivity index (χ1v) is 3.75. The van der Waals surface area contributed by atoms with E-state index in [1.165, 1.54) is 0 Å². The summed E-state index contributed by atoms with van der Waals surface area (Å²) >= 11 is 0. The van der Waals surface area contributed by atoms with Crippen LogP contribution in [0.5, 0.6) is 0 Å². The summed E-state index contributed by atoms with van der Waals surface area (Å²) in [5.41, 5.74) is 0. The standard InChI is InChI=1S/2ClHO4.Li/c2*2-1(3,4)5;/h2*(H,2,3,4,5);/q;;+1/p-1. The third kappa shape index (κ3) is 1160. The first-order chi connectivity index (χ1) is 4.00. The van der Waals surface area contributed by atoms with Gasteiger partial charge >= 0.3 is 18.9 Å². The molecular weight excluding hydrogens is 206 g/mol. The Morgan fingerprint density at radius 1 is 0.727 bits per heavy atom. The van der Waals surface area contributed by atoms with Crippen molar-refractivity contribution in [1.29, 1.82) is 0 Å². The Hall–Kier alpha value is 0.857. The minimum atomic E-state index is -4.94. The number of hydrogen-bond donors (Lipinski definition) is 1. The number of hydrogen-bond acceptors (Lipinski definition) is 8. The van der Waals surface area contributed by atoms with Gasteiger partial charge in [0.25, 0.3) is 0 Å². The van der Waals surface area contributed by atoms with Gasteiger partial charge in [0, 0.05) is 0 Å². The molecule has 0 saturated carbocycles. The van der Waals surface area contributed by atoms with Crippen LogP contribution < -0.4 is 51.5 Å². The second-order valence-electron chi connectivity index (χ2n) is 0.774. The Kier molecular flexibility index (Phi) is 10.3. The quantitative estimate of drug-likeness (QED) is 0.379. The molecule has 0 spiro atoms. The van der Waals surface area contributed by atoms with E-state index in [9.17, 15) is 0 Å². The Bertz CT molecular complexity index is 55.1. The van der Waals surface area contributed by atoms with Crippen LogP contribution in [-0.4, -0.2) is 4.66 Å². The molecule has 0 aliphatic rings. The molecule has 0 aliphatic carbocycles. The summed E-state index contributed by atoms with van der Waals surface area (Å²) in [4.78, 5) is 0. The van der Waals surface area contributed by atoms with Crippen LogP contribution in [0.25, 0.3) is 0 Å². The van der Waals surface area contributed by atoms with E-state index in [1.807, 2.05) is 0 Å². The number of rotatable bonds is 0. The van der Waals surface area contributed by atoms with E-state index in [0.717, 1.165) is 0 Å². The van der Waals surface area contributed by atoms with Gasteiger partial charge in [-0.3, -0.25) is 0 Å². The van der Waals surface area contributed by atoms with E-state index in [1.54, 1.807) is 0 Å². The normalized spacial score (nSPS) is 10.9. The molecule has 0 rings (SSSR count). The maximum atomic E-state index is 8.60. The van der Waals surface area contributed by atoms with Crippen LogP contribution in [-0.2, 0) is 0 Å². The van der Waals surface area contributed by atoms with Gasteiger partial charge in [0.15, 0.2) is 0 Å². The molecule has 0 bridgehead atoms. The molecule has 1 N–H and O–H groups in total. The average molecular weight is 207 g/mol. The topological polar surface area (TPSA) is 182 Å². The van der Waals surface area contributed by atoms with Crippen molar-refractivity contribution in [3.05, 3.63) is 0 Å². The van der Waals surface area contributed by atoms with Gasteiger partial charge in [0.1, 0.15) is 0 Å². The van der Waals surface area contributed by atoms with Crippen LogP contribution >= 0.6 is 0 Å². The van der Waals surface area contributed by atoms with Gasteiger partial charge in [-0.2, -0.15) is 14.0 Å². The summed E-state index contributed by atoms with van der Waals surface area (Å²) in [6, 6.07) is 0. The monoisotopic (exact) mass is 206 g/mol. The smallest absolute Gasteiger partial charge is 0.222 e. The number of halogens is 2. The summed E-state index contributed by atoms with van der Waals surface area (Å²) in [6.07, 6.45) is 0. The van der Waals surface area contributed by atoms with Crippen molar-refractivity contribution >= 4 is 0 Å². The molecule has 8 nitrogen and oxygen atoms in total. The van der Waals surface area contributed by atoms with Crippen LogP contribution in [0, 0.1) is 20.5 Å². The van der Waals surface area contributed by atoms with Gasteiger partial charge in [0.2, 0.25) is 0 Å². The molecule has 0 aromatic carbocycles. The van der Waals surface area contributed by atoms with Gasteiger partial charge < -0.3 is 0 Å². The molecule has 0 aromatic heterocycles. The predicted molar refractivity (Wildman–Crippen MR) is 2.22 cm³/mol. The van der Waals surface area contributed by atoms with Crippen LogP contribution in [0.3, 0.4) is 0 Å².